The van der Waals surface area contributed by atoms with Gasteiger partial charge in [-0.25, -0.2) is 0 Å². The third-order valence-corrected chi connectivity index (χ3v) is 3.90. The Morgan fingerprint density at radius 2 is 2.00 bits per heavy atom. The molecule has 1 aliphatic rings. The van der Waals surface area contributed by atoms with Crippen LogP contribution in [-0.4, -0.2) is 28.8 Å². The van der Waals surface area contributed by atoms with Crippen molar-refractivity contribution in [2.75, 3.05) is 18.0 Å². The lowest BCUT2D eigenvalue weighted by atomic mass is 9.93. The highest BCUT2D eigenvalue weighted by Crippen LogP contribution is 2.27. The topological polar surface area (TPSA) is 49.5 Å². The number of piperidine rings is 1. The molecular formula is C14H20N2OS. The third kappa shape index (κ3) is 2.82. The highest BCUT2D eigenvalue weighted by Gasteiger charge is 2.27. The summed E-state index contributed by atoms with van der Waals surface area (Å²) in [5.41, 5.74) is 8.39. The Morgan fingerprint density at radius 1 is 1.39 bits per heavy atom. The minimum Gasteiger partial charge on any atom is -0.390 e. The fourth-order valence-electron chi connectivity index (χ4n) is 2.37. The van der Waals surface area contributed by atoms with Gasteiger partial charge in [0.05, 0.1) is 5.60 Å². The summed E-state index contributed by atoms with van der Waals surface area (Å²) in [7, 11) is 0. The van der Waals surface area contributed by atoms with E-state index in [1.165, 1.54) is 5.69 Å². The number of anilines is 1. The zero-order valence-corrected chi connectivity index (χ0v) is 11.8. The molecular weight excluding hydrogens is 244 g/mol. The largest absolute Gasteiger partial charge is 0.390 e. The summed E-state index contributed by atoms with van der Waals surface area (Å²) in [6.07, 6.45) is 1.62. The van der Waals surface area contributed by atoms with Crippen molar-refractivity contribution in [1.29, 1.82) is 0 Å². The summed E-state index contributed by atoms with van der Waals surface area (Å²) in [5.74, 6) is 0. The van der Waals surface area contributed by atoms with Crippen molar-refractivity contribution in [1.82, 2.24) is 0 Å². The average molecular weight is 264 g/mol. The van der Waals surface area contributed by atoms with Gasteiger partial charge in [-0.1, -0.05) is 12.2 Å². The summed E-state index contributed by atoms with van der Waals surface area (Å²) >= 11 is 5.01. The number of aliphatic hydroxyl groups is 1. The predicted molar refractivity (Wildman–Crippen MR) is 79.1 cm³/mol. The molecule has 18 heavy (non-hydrogen) atoms. The zero-order valence-electron chi connectivity index (χ0n) is 10.9. The van der Waals surface area contributed by atoms with Crippen molar-refractivity contribution < 1.29 is 5.11 Å². The van der Waals surface area contributed by atoms with Crippen LogP contribution in [0.4, 0.5) is 5.69 Å². The summed E-state index contributed by atoms with van der Waals surface area (Å²) in [4.78, 5) is 2.74. The summed E-state index contributed by atoms with van der Waals surface area (Å²) < 4.78 is 0. The molecule has 0 spiro atoms. The molecule has 0 bridgehead atoms. The van der Waals surface area contributed by atoms with Crippen LogP contribution < -0.4 is 10.6 Å². The van der Waals surface area contributed by atoms with Crippen LogP contribution in [0.3, 0.4) is 0 Å². The number of nitrogens with zero attached hydrogens (tertiary/aromatic N) is 1. The van der Waals surface area contributed by atoms with Crippen molar-refractivity contribution in [3.63, 3.8) is 0 Å². The van der Waals surface area contributed by atoms with Crippen molar-refractivity contribution >= 4 is 22.9 Å². The predicted octanol–water partition coefficient (Wildman–Crippen LogP) is 1.98. The second-order valence-electron chi connectivity index (χ2n) is 5.35. The molecule has 1 saturated heterocycles. The van der Waals surface area contributed by atoms with Gasteiger partial charge in [-0.2, -0.15) is 0 Å². The van der Waals surface area contributed by atoms with Gasteiger partial charge in [-0.3, -0.25) is 0 Å². The Labute approximate surface area is 114 Å². The van der Waals surface area contributed by atoms with Crippen LogP contribution in [0, 0.1) is 6.92 Å². The maximum Gasteiger partial charge on any atom is 0.104 e. The van der Waals surface area contributed by atoms with Gasteiger partial charge in [0, 0.05) is 24.3 Å². The van der Waals surface area contributed by atoms with E-state index in [4.69, 9.17) is 18.0 Å². The Bertz CT molecular complexity index is 461. The van der Waals surface area contributed by atoms with Gasteiger partial charge in [0.1, 0.15) is 4.99 Å². The second-order valence-corrected chi connectivity index (χ2v) is 5.79. The lowest BCUT2D eigenvalue weighted by Crippen LogP contribution is -2.42. The third-order valence-electron chi connectivity index (χ3n) is 3.68. The molecule has 0 aromatic heterocycles. The maximum absolute atomic E-state index is 9.95. The molecule has 98 valence electrons. The van der Waals surface area contributed by atoms with Gasteiger partial charge in [0.15, 0.2) is 0 Å². The van der Waals surface area contributed by atoms with Crippen LogP contribution in [0.5, 0.6) is 0 Å². The molecule has 1 aromatic rings. The molecule has 1 aromatic carbocycles. The molecule has 4 heteroatoms. The van der Waals surface area contributed by atoms with Crippen molar-refractivity contribution in [2.24, 2.45) is 5.73 Å². The van der Waals surface area contributed by atoms with E-state index in [2.05, 4.69) is 17.0 Å². The molecule has 0 radical (unpaired) electrons. The molecule has 1 aliphatic heterocycles. The van der Waals surface area contributed by atoms with E-state index in [1.54, 1.807) is 0 Å². The van der Waals surface area contributed by atoms with Crippen molar-refractivity contribution in [2.45, 2.75) is 32.3 Å². The van der Waals surface area contributed by atoms with Crippen LogP contribution in [-0.2, 0) is 0 Å². The SMILES string of the molecule is Cc1cc(N2CCC(C)(O)CC2)ccc1C(N)=S. The normalized spacial score (nSPS) is 18.7. The van der Waals surface area contributed by atoms with E-state index in [-0.39, 0.29) is 0 Å². The summed E-state index contributed by atoms with van der Waals surface area (Å²) in [6, 6.07) is 6.16. The standard InChI is InChI=1S/C14H20N2OS/c1-10-9-11(3-4-12(10)13(15)18)16-7-5-14(2,17)6-8-16/h3-4,9,17H,5-8H2,1-2H3,(H2,15,18). The van der Waals surface area contributed by atoms with E-state index in [9.17, 15) is 5.11 Å². The second kappa shape index (κ2) is 4.86. The van der Waals surface area contributed by atoms with Gasteiger partial charge in [0.2, 0.25) is 0 Å². The molecule has 2 rings (SSSR count). The first-order valence-corrected chi connectivity index (χ1v) is 6.68. The smallest absolute Gasteiger partial charge is 0.104 e. The molecule has 0 aliphatic carbocycles. The summed E-state index contributed by atoms with van der Waals surface area (Å²) in [5, 5.41) is 9.95. The quantitative estimate of drug-likeness (QED) is 0.802. The highest BCUT2D eigenvalue weighted by molar-refractivity contribution is 7.80. The van der Waals surface area contributed by atoms with Gasteiger partial charge in [-0.05, 0) is 50.5 Å². The van der Waals surface area contributed by atoms with Gasteiger partial charge >= 0.3 is 0 Å². The molecule has 3 nitrogen and oxygen atoms in total. The molecule has 3 N–H and O–H groups in total. The first-order valence-electron chi connectivity index (χ1n) is 6.27. The number of nitrogens with two attached hydrogens (primary N) is 1. The zero-order chi connectivity index (χ0) is 13.3. The van der Waals surface area contributed by atoms with E-state index in [0.29, 0.717) is 4.99 Å². The monoisotopic (exact) mass is 264 g/mol. The van der Waals surface area contributed by atoms with Gasteiger partial charge in [0.25, 0.3) is 0 Å². The van der Waals surface area contributed by atoms with Crippen LogP contribution >= 0.6 is 12.2 Å². The first-order chi connectivity index (χ1) is 8.39. The van der Waals surface area contributed by atoms with E-state index < -0.39 is 5.60 Å². The fourth-order valence-corrected chi connectivity index (χ4v) is 2.60. The minimum absolute atomic E-state index is 0.445. The minimum atomic E-state index is -0.510. The lowest BCUT2D eigenvalue weighted by Gasteiger charge is -2.37. The van der Waals surface area contributed by atoms with Crippen molar-refractivity contribution in [3.8, 4) is 0 Å². The molecule has 1 fully saturated rings. The molecule has 1 heterocycles. The number of thiocarbonyl (C=S) groups is 1. The van der Waals surface area contributed by atoms with E-state index >= 15 is 0 Å². The number of hydrogen-bond acceptors (Lipinski definition) is 3. The lowest BCUT2D eigenvalue weighted by molar-refractivity contribution is 0.0351. The molecule has 0 saturated carbocycles. The molecule has 0 amide bonds. The number of aryl methyl sites for hydroxylation is 1. The van der Waals surface area contributed by atoms with E-state index in [1.807, 2.05) is 19.9 Å². The van der Waals surface area contributed by atoms with Gasteiger partial charge in [-0.15, -0.1) is 0 Å². The number of hydrogen-bond donors (Lipinski definition) is 2. The van der Waals surface area contributed by atoms with Crippen molar-refractivity contribution in [3.05, 3.63) is 29.3 Å². The van der Waals surface area contributed by atoms with Gasteiger partial charge < -0.3 is 15.7 Å². The highest BCUT2D eigenvalue weighted by atomic mass is 32.1. The van der Waals surface area contributed by atoms with Crippen LogP contribution in [0.1, 0.15) is 30.9 Å². The van der Waals surface area contributed by atoms with Crippen LogP contribution in [0.25, 0.3) is 0 Å². The van der Waals surface area contributed by atoms with Crippen LogP contribution in [0.15, 0.2) is 18.2 Å². The Hall–Kier alpha value is -1.13. The Morgan fingerprint density at radius 3 is 2.50 bits per heavy atom. The number of benzene rings is 1. The Kier molecular flexibility index (Phi) is 3.59. The average Bonchev–Trinajstić information content (AvgIpc) is 2.28. The molecule has 0 atom stereocenters. The Balaban J connectivity index is 2.16. The maximum atomic E-state index is 9.95. The van der Waals surface area contributed by atoms with E-state index in [0.717, 1.165) is 37.1 Å². The fraction of sp³-hybridized carbons (Fsp3) is 0.500. The number of rotatable bonds is 2. The van der Waals surface area contributed by atoms with Crippen LogP contribution in [0.2, 0.25) is 0 Å². The first kappa shape index (κ1) is 13.3. The summed E-state index contributed by atoms with van der Waals surface area (Å²) in [6.45, 7) is 5.71. The molecule has 0 unspecified atom stereocenters.